The summed E-state index contributed by atoms with van der Waals surface area (Å²) in [5.41, 5.74) is 27.6. The second-order valence-corrected chi connectivity index (χ2v) is 36.7. The minimum atomic E-state index is -0.393. The molecule has 7 N–H and O–H groups in total. The molecule has 4 fully saturated rings. The quantitative estimate of drug-likeness (QED) is 0.0351. The number of hydrogen-bond donors (Lipinski definition) is 7. The van der Waals surface area contributed by atoms with E-state index < -0.39 is 6.61 Å². The van der Waals surface area contributed by atoms with E-state index >= 15 is 0 Å². The van der Waals surface area contributed by atoms with Crippen molar-refractivity contribution >= 4 is 116 Å². The number of halogens is 8. The fourth-order valence-electron chi connectivity index (χ4n) is 16.9. The molecule has 4 aliphatic heterocycles. The number of nitrogens with zero attached hydrogens (tertiary/aromatic N) is 26. The largest absolute Gasteiger partial charge is 0.392 e. The Hall–Kier alpha value is -13.1. The van der Waals surface area contributed by atoms with Crippen LogP contribution in [-0.2, 0) is 20.7 Å². The number of piperidine rings is 4. The number of hydrogen-bond acceptors (Lipinski definition) is 25. The fourth-order valence-corrected chi connectivity index (χ4v) is 18.9. The zero-order chi connectivity index (χ0) is 97.1. The predicted molar refractivity (Wildman–Crippen MR) is 530 cm³/mol. The number of aliphatic hydroxyl groups is 1. The minimum Gasteiger partial charge on any atom is -0.392 e. The Kier molecular flexibility index (Phi) is 31.1. The summed E-state index contributed by atoms with van der Waals surface area (Å²) in [7, 11) is 3.51. The average molecular weight is 2030 g/mol. The van der Waals surface area contributed by atoms with Crippen LogP contribution < -0.4 is 21.7 Å². The number of rotatable bonds is 21. The van der Waals surface area contributed by atoms with Crippen LogP contribution in [0, 0.1) is 20.8 Å². The molecule has 45 heteroatoms. The maximum absolute atomic E-state index is 13.2. The molecule has 0 unspecified atom stereocenters. The Morgan fingerprint density at radius 3 is 0.899 bits per heavy atom. The number of carbonyl (C=O) groups is 4. The molecule has 0 atom stereocenters. The Balaban J connectivity index is 0.000000128. The molecule has 4 saturated heterocycles. The molecule has 37 nitrogen and oxygen atoms in total. The molecule has 20 rings (SSSR count). The smallest absolute Gasteiger partial charge is 0.286 e. The number of hydrazine groups is 4. The molecule has 0 spiro atoms. The number of aliphatic hydroxyl groups excluding tert-OH is 1. The first-order chi connectivity index (χ1) is 67.4. The van der Waals surface area contributed by atoms with E-state index in [0.29, 0.717) is 115 Å². The van der Waals surface area contributed by atoms with Gasteiger partial charge in [0, 0.05) is 146 Å². The molecule has 16 aromatic rings. The van der Waals surface area contributed by atoms with Crippen LogP contribution in [0.1, 0.15) is 141 Å². The molecular weight excluding hydrogens is 1940 g/mol. The van der Waals surface area contributed by atoms with Gasteiger partial charge in [0.25, 0.3) is 23.6 Å². The summed E-state index contributed by atoms with van der Waals surface area (Å²) in [6.07, 6.45) is 13.1. The molecule has 714 valence electrons. The number of aromatic amines is 2. The first-order valence-corrected chi connectivity index (χ1v) is 47.8. The van der Waals surface area contributed by atoms with Crippen LogP contribution in [0.15, 0.2) is 170 Å². The lowest BCUT2D eigenvalue weighted by molar-refractivity contribution is 0.0735. The highest BCUT2D eigenvalue weighted by Gasteiger charge is 2.33. The number of H-pyrrole nitrogens is 2. The number of aromatic nitrogens is 24. The summed E-state index contributed by atoms with van der Waals surface area (Å²) in [5.74, 6) is 1.04. The van der Waals surface area contributed by atoms with Gasteiger partial charge >= 0.3 is 0 Å². The van der Waals surface area contributed by atoms with Gasteiger partial charge in [0.15, 0.2) is 28.6 Å². The van der Waals surface area contributed by atoms with Gasteiger partial charge < -0.3 is 5.11 Å². The van der Waals surface area contributed by atoms with E-state index in [1.165, 1.54) is 24.1 Å². The van der Waals surface area contributed by atoms with Crippen molar-refractivity contribution in [1.82, 2.24) is 163 Å². The van der Waals surface area contributed by atoms with E-state index in [1.54, 1.807) is 110 Å². The Morgan fingerprint density at radius 1 is 0.331 bits per heavy atom. The van der Waals surface area contributed by atoms with Gasteiger partial charge in [0.2, 0.25) is 17.5 Å². The zero-order valence-electron chi connectivity index (χ0n) is 75.7. The van der Waals surface area contributed by atoms with E-state index in [0.717, 1.165) is 188 Å². The van der Waals surface area contributed by atoms with Crippen molar-refractivity contribution in [3.8, 4) is 113 Å². The predicted octanol–water partition coefficient (Wildman–Crippen LogP) is 17.1. The van der Waals surface area contributed by atoms with Crippen LogP contribution in [0.3, 0.4) is 0 Å². The van der Waals surface area contributed by atoms with E-state index in [9.17, 15) is 24.3 Å². The molecule has 4 amide bonds. The van der Waals surface area contributed by atoms with E-state index in [2.05, 4.69) is 99.0 Å². The van der Waals surface area contributed by atoms with E-state index in [-0.39, 0.29) is 29.3 Å². The van der Waals surface area contributed by atoms with Crippen LogP contribution in [-0.4, -0.2) is 222 Å². The SMILES string of the molecule is Cc1c(C(=O)NN2CCCCC2)nn(-c2ccc(Cl)cc2Cl)c1-c1ccc(-c2nn[nH]n2)cc1.Cc1c(C(=O)NN2CCCCC2)nn(-c2ccc(Cl)cc2Cl)c1-c1ccc(-c2nnn(C)n2)cc1.Cc1c(C(=O)NN2CCCCC2)nn(-c2ccc(Cl)cc2Cl)c1-c1ccc(-c2nnnn2C)cc1.O=C(NN1CCCCC1)c1nn(-c2ccc(Cl)cc2Cl)c(-c2ccc(-c3nn[nH]n3)cc2)c1CO. The van der Waals surface area contributed by atoms with Crippen molar-refractivity contribution in [2.24, 2.45) is 14.1 Å². The van der Waals surface area contributed by atoms with Gasteiger partial charge in [-0.1, -0.05) is 216 Å². The molecule has 139 heavy (non-hydrogen) atoms. The van der Waals surface area contributed by atoms with Crippen LogP contribution in [0.5, 0.6) is 0 Å². The second kappa shape index (κ2) is 44.3. The summed E-state index contributed by atoms with van der Waals surface area (Å²) in [4.78, 5) is 54.3. The third-order valence-electron chi connectivity index (χ3n) is 23.9. The summed E-state index contributed by atoms with van der Waals surface area (Å²) in [6.45, 7) is 11.8. The monoisotopic (exact) mass is 2030 g/mol. The first kappa shape index (κ1) is 97.5. The second-order valence-electron chi connectivity index (χ2n) is 33.3. The van der Waals surface area contributed by atoms with E-state index in [1.807, 2.05) is 138 Å². The third-order valence-corrected chi connectivity index (χ3v) is 26.0. The van der Waals surface area contributed by atoms with Crippen molar-refractivity contribution < 1.29 is 24.3 Å². The standard InChI is InChI=1S/2C24H24Cl2N8O.C23H22Cl2N8O2.C23H22Cl2N8O/c1-15-21(24(35)29-33-12-4-3-5-13-33)28-34(20-11-10-18(25)14-19(20)26)22(15)16-6-8-17(9-7-16)23-27-30-31-32(23)2;1-15-21(24(35)30-33-12-4-3-5-13-33)28-34(20-11-10-18(25)14-19(20)26)22(15)16-6-8-17(9-7-16)23-27-31-32(2)29-23;24-16-8-9-19(18(25)12-16)33-21(14-4-6-15(7-5-14)22-26-30-31-27-22)17(13-34)20(28-33)23(35)29-32-10-2-1-3-11-32;1-14-20(23(34)29-32-11-3-2-4-12-32)28-33(19-10-9-17(24)13-18(19)25)21(14)15-5-7-16(8-6-15)22-26-30-31-27-22/h6-11,14H,3-5,12-13H2,1-2H3,(H,29,35);6-11,14H,3-5,12-13H2,1-2H3,(H,30,35);4-9,12,34H,1-3,10-11,13H2,(H,29,35)(H,26,27,30,31);5-10,13H,2-4,11-12H2,1H3,(H,29,34)(H,26,27,30,31). The maximum atomic E-state index is 13.2. The number of tetrazole rings is 4. The Morgan fingerprint density at radius 2 is 0.619 bits per heavy atom. The van der Waals surface area contributed by atoms with Crippen molar-refractivity contribution in [3.05, 3.63) is 255 Å². The number of aryl methyl sites for hydroxylation is 2. The fraction of sp³-hybridized carbons (Fsp3) is 0.277. The lowest BCUT2D eigenvalue weighted by Gasteiger charge is -2.26. The molecule has 4 aliphatic rings. The van der Waals surface area contributed by atoms with Gasteiger partial charge in [-0.15, -0.1) is 35.7 Å². The summed E-state index contributed by atoms with van der Waals surface area (Å²) in [5, 5.41) is 92.6. The average Bonchev–Trinajstić information content (AvgIpc) is 1.64. The Bertz CT molecular complexity index is 7060. The van der Waals surface area contributed by atoms with Crippen LogP contribution in [0.25, 0.3) is 113 Å². The lowest BCUT2D eigenvalue weighted by atomic mass is 10.0. The lowest BCUT2D eigenvalue weighted by Crippen LogP contribution is -2.45. The molecule has 0 aliphatic carbocycles. The summed E-state index contributed by atoms with van der Waals surface area (Å²) >= 11 is 50.6. The molecule has 0 saturated carbocycles. The molecule has 8 aromatic carbocycles. The van der Waals surface area contributed by atoms with Gasteiger partial charge in [0.05, 0.1) is 79.3 Å². The number of carbonyl (C=O) groups excluding carboxylic acids is 4. The highest BCUT2D eigenvalue weighted by atomic mass is 35.5. The van der Waals surface area contributed by atoms with Crippen molar-refractivity contribution in [2.45, 2.75) is 104 Å². The van der Waals surface area contributed by atoms with Crippen LogP contribution >= 0.6 is 92.8 Å². The topological polar surface area (TPSA) is 417 Å². The summed E-state index contributed by atoms with van der Waals surface area (Å²) in [6, 6.07) is 51.2. The van der Waals surface area contributed by atoms with Gasteiger partial charge in [0.1, 0.15) is 0 Å². The number of amides is 4. The van der Waals surface area contributed by atoms with Crippen LogP contribution in [0.2, 0.25) is 40.2 Å². The highest BCUT2D eigenvalue weighted by Crippen LogP contribution is 2.41. The molecular formula is C94H92Cl8N32O5. The zero-order valence-corrected chi connectivity index (χ0v) is 81.8. The van der Waals surface area contributed by atoms with Gasteiger partial charge in [-0.3, -0.25) is 40.9 Å². The maximum Gasteiger partial charge on any atom is 0.286 e. The van der Waals surface area contributed by atoms with Gasteiger partial charge in [-0.2, -0.15) is 35.6 Å². The summed E-state index contributed by atoms with van der Waals surface area (Å²) < 4.78 is 8.29. The molecule has 0 bridgehead atoms. The van der Waals surface area contributed by atoms with Gasteiger partial charge in [-0.05, 0) is 171 Å². The van der Waals surface area contributed by atoms with Crippen molar-refractivity contribution in [2.75, 3.05) is 52.4 Å². The highest BCUT2D eigenvalue weighted by molar-refractivity contribution is 6.37. The molecule has 8 aromatic heterocycles. The van der Waals surface area contributed by atoms with Gasteiger partial charge in [-0.25, -0.2) is 43.4 Å². The number of nitrogens with one attached hydrogen (secondary N) is 6. The minimum absolute atomic E-state index is 0.126. The molecule has 12 heterocycles. The normalized spacial score (nSPS) is 14.3. The van der Waals surface area contributed by atoms with Crippen molar-refractivity contribution in [1.29, 1.82) is 0 Å². The van der Waals surface area contributed by atoms with E-state index in [4.69, 9.17) is 108 Å². The third kappa shape index (κ3) is 22.4. The first-order valence-electron chi connectivity index (χ1n) is 44.8. The van der Waals surface area contributed by atoms with Crippen molar-refractivity contribution in [3.63, 3.8) is 0 Å². The van der Waals surface area contributed by atoms with Crippen LogP contribution in [0.4, 0.5) is 0 Å². The number of benzene rings is 8. The Labute approximate surface area is 836 Å². The molecule has 0 radical (unpaired) electrons.